The van der Waals surface area contributed by atoms with Crippen molar-refractivity contribution in [1.82, 2.24) is 14.8 Å². The fourth-order valence-corrected chi connectivity index (χ4v) is 4.89. The second-order valence-corrected chi connectivity index (χ2v) is 9.02. The van der Waals surface area contributed by atoms with E-state index in [0.29, 0.717) is 37.5 Å². The van der Waals surface area contributed by atoms with Gasteiger partial charge in [0.1, 0.15) is 5.75 Å². The Kier molecular flexibility index (Phi) is 6.67. The zero-order chi connectivity index (χ0) is 25.1. The number of ether oxygens (including phenoxy) is 1. The largest absolute Gasteiger partial charge is 0.497 e. The zero-order valence-electron chi connectivity index (χ0n) is 20.6. The van der Waals surface area contributed by atoms with Crippen molar-refractivity contribution in [2.45, 2.75) is 13.3 Å². The van der Waals surface area contributed by atoms with Crippen molar-refractivity contribution in [3.63, 3.8) is 0 Å². The van der Waals surface area contributed by atoms with E-state index in [1.54, 1.807) is 24.1 Å². The molecule has 1 fully saturated rings. The summed E-state index contributed by atoms with van der Waals surface area (Å²) < 4.78 is 5.25. The van der Waals surface area contributed by atoms with Crippen molar-refractivity contribution in [3.05, 3.63) is 95.7 Å². The molecule has 1 aliphatic heterocycles. The van der Waals surface area contributed by atoms with Crippen molar-refractivity contribution in [2.75, 3.05) is 33.3 Å². The minimum absolute atomic E-state index is 0.0399. The van der Waals surface area contributed by atoms with Crippen LogP contribution in [0.15, 0.2) is 78.9 Å². The number of benzene rings is 3. The molecule has 6 nitrogen and oxygen atoms in total. The van der Waals surface area contributed by atoms with E-state index in [1.807, 2.05) is 60.4 Å². The molecule has 4 aromatic rings. The van der Waals surface area contributed by atoms with E-state index in [4.69, 9.17) is 9.72 Å². The number of hydrogen-bond acceptors (Lipinski definition) is 4. The Morgan fingerprint density at radius 2 is 1.56 bits per heavy atom. The lowest BCUT2D eigenvalue weighted by Crippen LogP contribution is -2.51. The summed E-state index contributed by atoms with van der Waals surface area (Å²) in [6.07, 6.45) is 0.276. The monoisotopic (exact) mass is 479 g/mol. The lowest BCUT2D eigenvalue weighted by molar-refractivity contribution is -0.131. The van der Waals surface area contributed by atoms with Gasteiger partial charge in [-0.2, -0.15) is 0 Å². The number of carbonyl (C=O) groups excluding carboxylic acids is 2. The van der Waals surface area contributed by atoms with Crippen molar-refractivity contribution in [2.24, 2.45) is 0 Å². The van der Waals surface area contributed by atoms with Crippen LogP contribution in [-0.2, 0) is 11.2 Å². The van der Waals surface area contributed by atoms with Crippen LogP contribution in [-0.4, -0.2) is 59.9 Å². The van der Waals surface area contributed by atoms with Crippen LogP contribution in [0, 0.1) is 6.92 Å². The maximum Gasteiger partial charge on any atom is 0.254 e. The number of hydrogen-bond donors (Lipinski definition) is 0. The average Bonchev–Trinajstić information content (AvgIpc) is 2.93. The van der Waals surface area contributed by atoms with E-state index in [-0.39, 0.29) is 18.2 Å². The minimum atomic E-state index is -0.0399. The van der Waals surface area contributed by atoms with Crippen LogP contribution in [0.25, 0.3) is 22.0 Å². The van der Waals surface area contributed by atoms with Gasteiger partial charge in [-0.05, 0) is 47.9 Å². The van der Waals surface area contributed by atoms with Crippen LogP contribution >= 0.6 is 0 Å². The van der Waals surface area contributed by atoms with Gasteiger partial charge in [-0.1, -0.05) is 54.6 Å². The Hall–Kier alpha value is -4.19. The fourth-order valence-electron chi connectivity index (χ4n) is 4.89. The maximum atomic E-state index is 13.4. The molecule has 0 bridgehead atoms. The summed E-state index contributed by atoms with van der Waals surface area (Å²) in [6.45, 7) is 4.00. The molecule has 1 aliphatic rings. The van der Waals surface area contributed by atoms with Gasteiger partial charge in [-0.25, -0.2) is 0 Å². The van der Waals surface area contributed by atoms with Gasteiger partial charge in [0.15, 0.2) is 0 Å². The smallest absolute Gasteiger partial charge is 0.254 e. The lowest BCUT2D eigenvalue weighted by Gasteiger charge is -2.35. The highest BCUT2D eigenvalue weighted by atomic mass is 16.5. The molecular formula is C30H29N3O3. The number of pyridine rings is 1. The topological polar surface area (TPSA) is 62.7 Å². The quantitative estimate of drug-likeness (QED) is 0.415. The average molecular weight is 480 g/mol. The normalized spacial score (nSPS) is 13.6. The van der Waals surface area contributed by atoms with Crippen LogP contribution < -0.4 is 4.74 Å². The van der Waals surface area contributed by atoms with Crippen LogP contribution in [0.1, 0.15) is 21.6 Å². The van der Waals surface area contributed by atoms with E-state index in [2.05, 4.69) is 18.2 Å². The number of para-hydroxylation sites is 1. The highest BCUT2D eigenvalue weighted by Crippen LogP contribution is 2.33. The molecule has 182 valence electrons. The van der Waals surface area contributed by atoms with Gasteiger partial charge in [0.25, 0.3) is 5.91 Å². The van der Waals surface area contributed by atoms with Gasteiger partial charge in [-0.3, -0.25) is 14.6 Å². The number of carbonyl (C=O) groups is 2. The second kappa shape index (κ2) is 10.2. The fraction of sp³-hybridized carbons (Fsp3) is 0.233. The Labute approximate surface area is 211 Å². The molecule has 0 unspecified atom stereocenters. The highest BCUT2D eigenvalue weighted by Gasteiger charge is 2.26. The molecule has 0 saturated carbocycles. The van der Waals surface area contributed by atoms with Gasteiger partial charge >= 0.3 is 0 Å². The summed E-state index contributed by atoms with van der Waals surface area (Å²) in [5.74, 6) is 0.672. The Bertz CT molecular complexity index is 1410. The molecule has 5 rings (SSSR count). The third kappa shape index (κ3) is 4.67. The number of aryl methyl sites for hydroxylation is 1. The van der Waals surface area contributed by atoms with Gasteiger partial charge in [0.2, 0.25) is 5.91 Å². The highest BCUT2D eigenvalue weighted by molar-refractivity contribution is 5.98. The minimum Gasteiger partial charge on any atom is -0.497 e. The summed E-state index contributed by atoms with van der Waals surface area (Å²) in [6, 6.07) is 25.5. The zero-order valence-corrected chi connectivity index (χ0v) is 20.6. The number of piperazine rings is 1. The van der Waals surface area contributed by atoms with Gasteiger partial charge in [0, 0.05) is 42.8 Å². The Morgan fingerprint density at radius 3 is 2.31 bits per heavy atom. The second-order valence-electron chi connectivity index (χ2n) is 9.02. The molecule has 0 aliphatic carbocycles. The van der Waals surface area contributed by atoms with Crippen molar-refractivity contribution >= 4 is 22.7 Å². The summed E-state index contributed by atoms with van der Waals surface area (Å²) in [5.41, 5.74) is 5.50. The van der Waals surface area contributed by atoms with Gasteiger partial charge in [0.05, 0.1) is 19.0 Å². The number of methoxy groups -OCH3 is 1. The first kappa shape index (κ1) is 23.5. The summed E-state index contributed by atoms with van der Waals surface area (Å²) in [4.78, 5) is 34.9. The van der Waals surface area contributed by atoms with Gasteiger partial charge < -0.3 is 14.5 Å². The first-order valence-electron chi connectivity index (χ1n) is 12.2. The molecule has 0 radical (unpaired) electrons. The number of aromatic nitrogens is 1. The molecule has 3 aromatic carbocycles. The molecule has 1 aromatic heterocycles. The molecule has 0 spiro atoms. The van der Waals surface area contributed by atoms with Crippen molar-refractivity contribution in [3.8, 4) is 16.9 Å². The standard InChI is InChI=1S/C30H29N3O3/c1-21-26(29(22-9-4-3-5-10-22)25-13-6-7-14-27(25)31-21)20-28(34)32-15-17-33(18-16-32)30(35)23-11-8-12-24(19-23)36-2/h3-14,19H,15-18,20H2,1-2H3. The van der Waals surface area contributed by atoms with Crippen LogP contribution in [0.5, 0.6) is 5.75 Å². The molecule has 36 heavy (non-hydrogen) atoms. The number of nitrogens with zero attached hydrogens (tertiary/aromatic N) is 3. The van der Waals surface area contributed by atoms with Crippen molar-refractivity contribution in [1.29, 1.82) is 0 Å². The third-order valence-electron chi connectivity index (χ3n) is 6.83. The SMILES string of the molecule is COc1cccc(C(=O)N2CCN(C(=O)Cc3c(C)nc4ccccc4c3-c3ccccc3)CC2)c1. The Balaban J connectivity index is 1.35. The first-order chi connectivity index (χ1) is 17.5. The molecule has 0 N–H and O–H groups in total. The predicted molar refractivity (Wildman–Crippen MR) is 141 cm³/mol. The van der Waals surface area contributed by atoms with E-state index < -0.39 is 0 Å². The number of amides is 2. The molecule has 1 saturated heterocycles. The number of rotatable bonds is 5. The van der Waals surface area contributed by atoms with E-state index in [9.17, 15) is 9.59 Å². The van der Waals surface area contributed by atoms with Crippen molar-refractivity contribution < 1.29 is 14.3 Å². The molecule has 6 heteroatoms. The summed E-state index contributed by atoms with van der Waals surface area (Å²) in [7, 11) is 1.59. The molecule has 0 atom stereocenters. The summed E-state index contributed by atoms with van der Waals surface area (Å²) in [5, 5.41) is 1.05. The number of fused-ring (bicyclic) bond motifs is 1. The summed E-state index contributed by atoms with van der Waals surface area (Å²) >= 11 is 0. The predicted octanol–water partition coefficient (Wildman–Crippen LogP) is 4.75. The lowest BCUT2D eigenvalue weighted by atomic mass is 9.92. The van der Waals surface area contributed by atoms with Crippen LogP contribution in [0.3, 0.4) is 0 Å². The van der Waals surface area contributed by atoms with Gasteiger partial charge in [-0.15, -0.1) is 0 Å². The molecule has 2 heterocycles. The van der Waals surface area contributed by atoms with E-state index >= 15 is 0 Å². The van der Waals surface area contributed by atoms with E-state index in [0.717, 1.165) is 33.3 Å². The first-order valence-corrected chi connectivity index (χ1v) is 12.2. The molecule has 2 amide bonds. The third-order valence-corrected chi connectivity index (χ3v) is 6.83. The maximum absolute atomic E-state index is 13.4. The van der Waals surface area contributed by atoms with Crippen LogP contribution in [0.2, 0.25) is 0 Å². The molecular weight excluding hydrogens is 450 g/mol. The van der Waals surface area contributed by atoms with Crippen LogP contribution in [0.4, 0.5) is 0 Å². The van der Waals surface area contributed by atoms with E-state index in [1.165, 1.54) is 0 Å². The Morgan fingerprint density at radius 1 is 0.861 bits per heavy atom.